The molecule has 2 aromatic rings. The molecule has 0 saturated heterocycles. The van der Waals surface area contributed by atoms with E-state index in [1.165, 1.54) is 10.7 Å². The third kappa shape index (κ3) is 4.26. The van der Waals surface area contributed by atoms with Crippen molar-refractivity contribution in [3.8, 4) is 17.0 Å². The van der Waals surface area contributed by atoms with Gasteiger partial charge in [-0.2, -0.15) is 5.10 Å². The van der Waals surface area contributed by atoms with Crippen molar-refractivity contribution in [2.24, 2.45) is 5.92 Å². The van der Waals surface area contributed by atoms with E-state index in [9.17, 15) is 9.59 Å². The lowest BCUT2D eigenvalue weighted by Crippen LogP contribution is -2.34. The number of nitrogens with zero attached hydrogens (tertiary/aromatic N) is 2. The van der Waals surface area contributed by atoms with Gasteiger partial charge in [-0.25, -0.2) is 4.68 Å². The molecule has 3 rings (SSSR count). The van der Waals surface area contributed by atoms with Crippen molar-refractivity contribution < 1.29 is 9.53 Å². The van der Waals surface area contributed by atoms with Crippen molar-refractivity contribution >= 4 is 5.91 Å². The summed E-state index contributed by atoms with van der Waals surface area (Å²) in [6.45, 7) is 0.773. The monoisotopic (exact) mass is 341 g/mol. The van der Waals surface area contributed by atoms with E-state index in [1.54, 1.807) is 13.2 Å². The predicted molar refractivity (Wildman–Crippen MR) is 95.5 cm³/mol. The predicted octanol–water partition coefficient (Wildman–Crippen LogP) is 2.23. The van der Waals surface area contributed by atoms with Crippen LogP contribution in [0.5, 0.6) is 5.75 Å². The van der Waals surface area contributed by atoms with Crippen molar-refractivity contribution in [2.45, 2.75) is 32.2 Å². The molecule has 25 heavy (non-hydrogen) atoms. The Hall–Kier alpha value is -2.63. The first-order valence-electron chi connectivity index (χ1n) is 8.67. The number of aromatic nitrogens is 2. The summed E-state index contributed by atoms with van der Waals surface area (Å²) in [5.41, 5.74) is 1.45. The molecule has 1 amide bonds. The van der Waals surface area contributed by atoms with Gasteiger partial charge in [0, 0.05) is 24.1 Å². The molecule has 6 heteroatoms. The molecule has 1 fully saturated rings. The number of amides is 1. The molecule has 1 saturated carbocycles. The van der Waals surface area contributed by atoms with Crippen LogP contribution in [0, 0.1) is 5.92 Å². The summed E-state index contributed by atoms with van der Waals surface area (Å²) in [6.07, 6.45) is 4.19. The summed E-state index contributed by atoms with van der Waals surface area (Å²) < 4.78 is 6.55. The maximum atomic E-state index is 12.0. The topological polar surface area (TPSA) is 73.2 Å². The van der Waals surface area contributed by atoms with Crippen LogP contribution in [0.3, 0.4) is 0 Å². The van der Waals surface area contributed by atoms with E-state index in [-0.39, 0.29) is 17.4 Å². The fourth-order valence-electron chi connectivity index (χ4n) is 3.14. The van der Waals surface area contributed by atoms with E-state index in [1.807, 2.05) is 24.3 Å². The molecular formula is C19H23N3O3. The first-order valence-corrected chi connectivity index (χ1v) is 8.67. The highest BCUT2D eigenvalue weighted by Crippen LogP contribution is 2.24. The Morgan fingerprint density at radius 1 is 1.20 bits per heavy atom. The lowest BCUT2D eigenvalue weighted by atomic mass is 10.1. The second-order valence-electron chi connectivity index (χ2n) is 6.28. The lowest BCUT2D eigenvalue weighted by Gasteiger charge is -2.11. The first-order chi connectivity index (χ1) is 12.2. The SMILES string of the molecule is COc1ccc(-c2ccc(=O)n(CCNC(=O)C3CCCC3)n2)cc1. The van der Waals surface area contributed by atoms with Gasteiger partial charge < -0.3 is 10.1 Å². The van der Waals surface area contributed by atoms with Gasteiger partial charge >= 0.3 is 0 Å². The van der Waals surface area contributed by atoms with Gasteiger partial charge in [-0.05, 0) is 43.2 Å². The van der Waals surface area contributed by atoms with Crippen LogP contribution in [0.2, 0.25) is 0 Å². The number of methoxy groups -OCH3 is 1. The molecule has 132 valence electrons. The number of carbonyl (C=O) groups excluding carboxylic acids is 1. The fourth-order valence-corrected chi connectivity index (χ4v) is 3.14. The second kappa shape index (κ2) is 7.96. The summed E-state index contributed by atoms with van der Waals surface area (Å²) in [6, 6.07) is 10.7. The molecule has 1 heterocycles. The molecule has 0 radical (unpaired) electrons. The molecular weight excluding hydrogens is 318 g/mol. The van der Waals surface area contributed by atoms with Crippen LogP contribution in [0.4, 0.5) is 0 Å². The summed E-state index contributed by atoms with van der Waals surface area (Å²) in [7, 11) is 1.62. The molecule has 1 aliphatic carbocycles. The standard InChI is InChI=1S/C19H23N3O3/c1-25-16-8-6-14(7-9-16)17-10-11-18(23)22(21-17)13-12-20-19(24)15-4-2-3-5-15/h6-11,15H,2-5,12-13H2,1H3,(H,20,24). The molecule has 1 N–H and O–H groups in total. The first kappa shape index (κ1) is 17.2. The third-order valence-corrected chi connectivity index (χ3v) is 4.60. The van der Waals surface area contributed by atoms with Crippen LogP contribution in [0.25, 0.3) is 11.3 Å². The van der Waals surface area contributed by atoms with E-state index in [0.29, 0.717) is 18.8 Å². The van der Waals surface area contributed by atoms with Crippen LogP contribution in [0.15, 0.2) is 41.2 Å². The van der Waals surface area contributed by atoms with Crippen molar-refractivity contribution in [3.63, 3.8) is 0 Å². The number of ether oxygens (including phenoxy) is 1. The second-order valence-corrected chi connectivity index (χ2v) is 6.28. The minimum Gasteiger partial charge on any atom is -0.497 e. The zero-order chi connectivity index (χ0) is 17.6. The van der Waals surface area contributed by atoms with Crippen LogP contribution in [-0.4, -0.2) is 29.3 Å². The molecule has 1 aliphatic rings. The molecule has 0 unspecified atom stereocenters. The molecule has 6 nitrogen and oxygen atoms in total. The molecule has 0 aliphatic heterocycles. The van der Waals surface area contributed by atoms with Gasteiger partial charge in [0.25, 0.3) is 5.56 Å². The average molecular weight is 341 g/mol. The zero-order valence-electron chi connectivity index (χ0n) is 14.4. The van der Waals surface area contributed by atoms with Gasteiger partial charge in [-0.15, -0.1) is 0 Å². The van der Waals surface area contributed by atoms with E-state index in [0.717, 1.165) is 37.0 Å². The van der Waals surface area contributed by atoms with Crippen molar-refractivity contribution in [1.29, 1.82) is 0 Å². The van der Waals surface area contributed by atoms with E-state index >= 15 is 0 Å². The molecule has 0 atom stereocenters. The maximum Gasteiger partial charge on any atom is 0.266 e. The lowest BCUT2D eigenvalue weighted by molar-refractivity contribution is -0.124. The Labute approximate surface area is 146 Å². The molecule has 1 aromatic heterocycles. The van der Waals surface area contributed by atoms with Crippen LogP contribution in [0.1, 0.15) is 25.7 Å². The summed E-state index contributed by atoms with van der Waals surface area (Å²) in [5.74, 6) is 0.999. The molecule has 0 bridgehead atoms. The van der Waals surface area contributed by atoms with Crippen molar-refractivity contribution in [2.75, 3.05) is 13.7 Å². The molecule has 1 aromatic carbocycles. The largest absolute Gasteiger partial charge is 0.497 e. The minimum absolute atomic E-state index is 0.0943. The minimum atomic E-state index is -0.174. The Morgan fingerprint density at radius 2 is 1.92 bits per heavy atom. The highest BCUT2D eigenvalue weighted by molar-refractivity contribution is 5.78. The highest BCUT2D eigenvalue weighted by atomic mass is 16.5. The van der Waals surface area contributed by atoms with Crippen molar-refractivity contribution in [1.82, 2.24) is 15.1 Å². The Kier molecular flexibility index (Phi) is 5.48. The summed E-state index contributed by atoms with van der Waals surface area (Å²) >= 11 is 0. The smallest absolute Gasteiger partial charge is 0.266 e. The van der Waals surface area contributed by atoms with Gasteiger partial charge in [0.05, 0.1) is 19.3 Å². The van der Waals surface area contributed by atoms with Crippen LogP contribution in [-0.2, 0) is 11.3 Å². The zero-order valence-corrected chi connectivity index (χ0v) is 14.4. The van der Waals surface area contributed by atoms with Gasteiger partial charge in [-0.1, -0.05) is 12.8 Å². The third-order valence-electron chi connectivity index (χ3n) is 4.60. The Bertz CT molecular complexity index is 777. The van der Waals surface area contributed by atoms with E-state index in [4.69, 9.17) is 4.74 Å². The number of hydrogen-bond acceptors (Lipinski definition) is 4. The van der Waals surface area contributed by atoms with Crippen LogP contribution < -0.4 is 15.6 Å². The van der Waals surface area contributed by atoms with E-state index in [2.05, 4.69) is 10.4 Å². The average Bonchev–Trinajstić information content (AvgIpc) is 3.18. The summed E-state index contributed by atoms with van der Waals surface area (Å²) in [5, 5.41) is 7.32. The summed E-state index contributed by atoms with van der Waals surface area (Å²) in [4.78, 5) is 24.0. The van der Waals surface area contributed by atoms with Gasteiger partial charge in [0.1, 0.15) is 5.75 Å². The maximum absolute atomic E-state index is 12.0. The number of rotatable bonds is 6. The highest BCUT2D eigenvalue weighted by Gasteiger charge is 2.22. The van der Waals surface area contributed by atoms with Gasteiger partial charge in [-0.3, -0.25) is 9.59 Å². The fraction of sp³-hybridized carbons (Fsp3) is 0.421. The van der Waals surface area contributed by atoms with Gasteiger partial charge in [0.2, 0.25) is 5.91 Å². The Morgan fingerprint density at radius 3 is 2.60 bits per heavy atom. The quantitative estimate of drug-likeness (QED) is 0.874. The Balaban J connectivity index is 1.64. The van der Waals surface area contributed by atoms with Crippen LogP contribution >= 0.6 is 0 Å². The van der Waals surface area contributed by atoms with E-state index < -0.39 is 0 Å². The number of hydrogen-bond donors (Lipinski definition) is 1. The number of nitrogens with one attached hydrogen (secondary N) is 1. The normalized spacial score (nSPS) is 14.4. The number of carbonyl (C=O) groups is 1. The van der Waals surface area contributed by atoms with Gasteiger partial charge in [0.15, 0.2) is 0 Å². The van der Waals surface area contributed by atoms with Crippen molar-refractivity contribution in [3.05, 3.63) is 46.8 Å². The number of benzene rings is 1. The molecule has 0 spiro atoms.